The molecule has 16 heavy (non-hydrogen) atoms. The maximum absolute atomic E-state index is 12.0. The van der Waals surface area contributed by atoms with Gasteiger partial charge in [0.1, 0.15) is 0 Å². The van der Waals surface area contributed by atoms with Gasteiger partial charge in [-0.05, 0) is 25.9 Å². The van der Waals surface area contributed by atoms with Gasteiger partial charge in [-0.25, -0.2) is 0 Å². The van der Waals surface area contributed by atoms with Crippen LogP contribution in [0.15, 0.2) is 0 Å². The normalized spacial score (nSPS) is 25.8. The topological polar surface area (TPSA) is 73.5 Å². The van der Waals surface area contributed by atoms with E-state index >= 15 is 0 Å². The van der Waals surface area contributed by atoms with Crippen molar-refractivity contribution in [3.63, 3.8) is 0 Å². The van der Waals surface area contributed by atoms with E-state index < -0.39 is 10.2 Å². The van der Waals surface area contributed by atoms with Gasteiger partial charge in [-0.15, -0.1) is 0 Å². The lowest BCUT2D eigenvalue weighted by Crippen LogP contribution is -2.53. The maximum atomic E-state index is 12.0. The molecule has 2 rings (SSSR count). The van der Waals surface area contributed by atoms with Crippen molar-refractivity contribution in [3.05, 3.63) is 0 Å². The van der Waals surface area contributed by atoms with Crippen molar-refractivity contribution in [2.24, 2.45) is 0 Å². The SMILES string of the molecule is O=S(=O)(NC1CCNCC1)N1CCNCC1. The number of rotatable bonds is 3. The summed E-state index contributed by atoms with van der Waals surface area (Å²) in [5.41, 5.74) is 0. The van der Waals surface area contributed by atoms with E-state index in [2.05, 4.69) is 15.4 Å². The fourth-order valence-corrected chi connectivity index (χ4v) is 3.58. The quantitative estimate of drug-likeness (QED) is 0.567. The van der Waals surface area contributed by atoms with Crippen LogP contribution in [0.1, 0.15) is 12.8 Å². The molecule has 2 aliphatic heterocycles. The van der Waals surface area contributed by atoms with E-state index in [1.54, 1.807) is 0 Å². The third-order valence-corrected chi connectivity index (χ3v) is 4.75. The van der Waals surface area contributed by atoms with Gasteiger partial charge in [-0.1, -0.05) is 0 Å². The van der Waals surface area contributed by atoms with Gasteiger partial charge < -0.3 is 10.6 Å². The van der Waals surface area contributed by atoms with Crippen molar-refractivity contribution in [3.8, 4) is 0 Å². The van der Waals surface area contributed by atoms with E-state index in [0.717, 1.165) is 39.0 Å². The minimum Gasteiger partial charge on any atom is -0.317 e. The number of piperazine rings is 1. The Labute approximate surface area is 97.0 Å². The predicted octanol–water partition coefficient (Wildman–Crippen LogP) is -1.52. The average Bonchev–Trinajstić information content (AvgIpc) is 2.31. The van der Waals surface area contributed by atoms with Crippen LogP contribution >= 0.6 is 0 Å². The molecule has 0 aromatic rings. The van der Waals surface area contributed by atoms with Crippen LogP contribution in [0.25, 0.3) is 0 Å². The first-order chi connectivity index (χ1) is 7.68. The highest BCUT2D eigenvalue weighted by atomic mass is 32.2. The summed E-state index contributed by atoms with van der Waals surface area (Å²) in [7, 11) is -3.27. The summed E-state index contributed by atoms with van der Waals surface area (Å²) >= 11 is 0. The molecule has 0 aliphatic carbocycles. The van der Waals surface area contributed by atoms with Gasteiger partial charge in [0.15, 0.2) is 0 Å². The Hall–Kier alpha value is -0.210. The van der Waals surface area contributed by atoms with Crippen molar-refractivity contribution >= 4 is 10.2 Å². The fourth-order valence-electron chi connectivity index (χ4n) is 2.11. The van der Waals surface area contributed by atoms with Crippen LogP contribution in [-0.2, 0) is 10.2 Å². The lowest BCUT2D eigenvalue weighted by molar-refractivity contribution is 0.343. The second kappa shape index (κ2) is 5.42. The standard InChI is InChI=1S/C9H20N4O2S/c14-16(15,13-7-5-11-6-8-13)12-9-1-3-10-4-2-9/h9-12H,1-8H2. The van der Waals surface area contributed by atoms with E-state index in [1.807, 2.05) is 0 Å². The van der Waals surface area contributed by atoms with Crippen LogP contribution in [-0.4, -0.2) is 58.0 Å². The zero-order valence-electron chi connectivity index (χ0n) is 9.41. The second-order valence-electron chi connectivity index (χ2n) is 4.30. The molecule has 7 heteroatoms. The van der Waals surface area contributed by atoms with Crippen molar-refractivity contribution < 1.29 is 8.42 Å². The molecule has 6 nitrogen and oxygen atoms in total. The van der Waals surface area contributed by atoms with E-state index in [1.165, 1.54) is 4.31 Å². The summed E-state index contributed by atoms with van der Waals surface area (Å²) in [5.74, 6) is 0. The summed E-state index contributed by atoms with van der Waals surface area (Å²) in [5, 5.41) is 6.37. The van der Waals surface area contributed by atoms with Crippen LogP contribution in [0.3, 0.4) is 0 Å². The van der Waals surface area contributed by atoms with Gasteiger partial charge in [0.25, 0.3) is 10.2 Å². The molecule has 2 heterocycles. The van der Waals surface area contributed by atoms with Crippen LogP contribution in [0.4, 0.5) is 0 Å². The molecule has 0 atom stereocenters. The molecule has 0 bridgehead atoms. The van der Waals surface area contributed by atoms with Crippen molar-refractivity contribution in [1.82, 2.24) is 19.7 Å². The van der Waals surface area contributed by atoms with Crippen molar-refractivity contribution in [1.29, 1.82) is 0 Å². The van der Waals surface area contributed by atoms with E-state index in [0.29, 0.717) is 13.1 Å². The Bertz CT molecular complexity index is 307. The molecular weight excluding hydrogens is 228 g/mol. The third kappa shape index (κ3) is 3.14. The van der Waals surface area contributed by atoms with Crippen LogP contribution in [0.2, 0.25) is 0 Å². The van der Waals surface area contributed by atoms with Gasteiger partial charge in [0.05, 0.1) is 0 Å². The highest BCUT2D eigenvalue weighted by molar-refractivity contribution is 7.87. The molecule has 0 amide bonds. The molecule has 0 radical (unpaired) electrons. The summed E-state index contributed by atoms with van der Waals surface area (Å²) in [6, 6.07) is 0.0983. The number of hydrogen-bond acceptors (Lipinski definition) is 4. The van der Waals surface area contributed by atoms with E-state index in [9.17, 15) is 8.42 Å². The molecule has 2 fully saturated rings. The second-order valence-corrected chi connectivity index (χ2v) is 6.00. The molecular formula is C9H20N4O2S. The Kier molecular flexibility index (Phi) is 4.15. The first-order valence-corrected chi connectivity index (χ1v) is 7.31. The zero-order valence-corrected chi connectivity index (χ0v) is 10.2. The summed E-state index contributed by atoms with van der Waals surface area (Å²) in [4.78, 5) is 0. The molecule has 94 valence electrons. The molecule has 3 N–H and O–H groups in total. The first kappa shape index (κ1) is 12.3. The minimum atomic E-state index is -3.27. The Morgan fingerprint density at radius 3 is 2.19 bits per heavy atom. The monoisotopic (exact) mass is 248 g/mol. The summed E-state index contributed by atoms with van der Waals surface area (Å²) in [6.07, 6.45) is 1.76. The fraction of sp³-hybridized carbons (Fsp3) is 1.00. The van der Waals surface area contributed by atoms with E-state index in [4.69, 9.17) is 0 Å². The summed E-state index contributed by atoms with van der Waals surface area (Å²) < 4.78 is 28.4. The highest BCUT2D eigenvalue weighted by Crippen LogP contribution is 2.07. The molecule has 2 saturated heterocycles. The number of nitrogens with zero attached hydrogens (tertiary/aromatic N) is 1. The van der Waals surface area contributed by atoms with E-state index in [-0.39, 0.29) is 6.04 Å². The van der Waals surface area contributed by atoms with Gasteiger partial charge >= 0.3 is 0 Å². The Morgan fingerprint density at radius 2 is 1.56 bits per heavy atom. The van der Waals surface area contributed by atoms with Crippen LogP contribution < -0.4 is 15.4 Å². The largest absolute Gasteiger partial charge is 0.317 e. The number of nitrogens with one attached hydrogen (secondary N) is 3. The lowest BCUT2D eigenvalue weighted by Gasteiger charge is -2.30. The zero-order chi connectivity index (χ0) is 11.4. The Morgan fingerprint density at radius 1 is 1.00 bits per heavy atom. The van der Waals surface area contributed by atoms with Gasteiger partial charge in [0.2, 0.25) is 0 Å². The number of hydrogen-bond donors (Lipinski definition) is 3. The predicted molar refractivity (Wildman–Crippen MR) is 62.4 cm³/mol. The van der Waals surface area contributed by atoms with Crippen LogP contribution in [0, 0.1) is 0 Å². The molecule has 0 aromatic carbocycles. The lowest BCUT2D eigenvalue weighted by atomic mass is 10.1. The van der Waals surface area contributed by atoms with Gasteiger partial charge in [-0.3, -0.25) is 0 Å². The molecule has 0 spiro atoms. The molecule has 0 unspecified atom stereocenters. The van der Waals surface area contributed by atoms with Gasteiger partial charge in [0, 0.05) is 32.2 Å². The smallest absolute Gasteiger partial charge is 0.279 e. The minimum absolute atomic E-state index is 0.0983. The first-order valence-electron chi connectivity index (χ1n) is 5.87. The number of piperidine rings is 1. The van der Waals surface area contributed by atoms with Crippen molar-refractivity contribution in [2.75, 3.05) is 39.3 Å². The van der Waals surface area contributed by atoms with Crippen molar-refractivity contribution in [2.45, 2.75) is 18.9 Å². The molecule has 2 aliphatic rings. The third-order valence-electron chi connectivity index (χ3n) is 3.07. The molecule has 0 saturated carbocycles. The average molecular weight is 248 g/mol. The Balaban J connectivity index is 1.90. The summed E-state index contributed by atoms with van der Waals surface area (Å²) in [6.45, 7) is 4.42. The maximum Gasteiger partial charge on any atom is 0.279 e. The molecule has 0 aromatic heterocycles. The highest BCUT2D eigenvalue weighted by Gasteiger charge is 2.26. The van der Waals surface area contributed by atoms with Gasteiger partial charge in [-0.2, -0.15) is 17.4 Å². The van der Waals surface area contributed by atoms with Crippen LogP contribution in [0.5, 0.6) is 0 Å².